The summed E-state index contributed by atoms with van der Waals surface area (Å²) >= 11 is 0. The largest absolute Gasteiger partial charge is 0.337 e. The van der Waals surface area contributed by atoms with Gasteiger partial charge in [0.15, 0.2) is 0 Å². The van der Waals surface area contributed by atoms with E-state index in [4.69, 9.17) is 0 Å². The number of halogens is 1. The van der Waals surface area contributed by atoms with Gasteiger partial charge in [0.2, 0.25) is 0 Å². The third-order valence-corrected chi connectivity index (χ3v) is 4.17. The first-order valence-corrected chi connectivity index (χ1v) is 8.07. The molecule has 0 aliphatic carbocycles. The normalized spacial score (nSPS) is 20.4. The second-order valence-electron chi connectivity index (χ2n) is 6.22. The molecule has 2 rings (SSSR count). The number of carbonyl (C=O) groups is 1. The maximum absolute atomic E-state index is 12.9. The Hall–Kier alpha value is -1.62. The quantitative estimate of drug-likeness (QED) is 0.878. The summed E-state index contributed by atoms with van der Waals surface area (Å²) in [4.78, 5) is 14.3. The summed E-state index contributed by atoms with van der Waals surface area (Å²) in [6.07, 6.45) is 2.55. The van der Waals surface area contributed by atoms with E-state index in [9.17, 15) is 9.18 Å². The highest BCUT2D eigenvalue weighted by Crippen LogP contribution is 2.14. The topological polar surface area (TPSA) is 44.4 Å². The van der Waals surface area contributed by atoms with Gasteiger partial charge in [0.25, 0.3) is 0 Å². The first-order chi connectivity index (χ1) is 10.5. The van der Waals surface area contributed by atoms with E-state index in [1.165, 1.54) is 25.0 Å². The highest BCUT2D eigenvalue weighted by Gasteiger charge is 2.16. The minimum atomic E-state index is -0.267. The molecule has 1 fully saturated rings. The van der Waals surface area contributed by atoms with Crippen molar-refractivity contribution in [1.29, 1.82) is 0 Å². The predicted octanol–water partition coefficient (Wildman–Crippen LogP) is 2.92. The Balaban J connectivity index is 1.68. The van der Waals surface area contributed by atoms with Crippen LogP contribution in [0.25, 0.3) is 0 Å². The number of amides is 2. The molecule has 2 amide bonds. The van der Waals surface area contributed by atoms with Crippen molar-refractivity contribution in [2.24, 2.45) is 5.92 Å². The molecule has 1 aliphatic rings. The lowest BCUT2D eigenvalue weighted by atomic mass is 10.0. The Labute approximate surface area is 132 Å². The van der Waals surface area contributed by atoms with E-state index in [1.54, 1.807) is 12.1 Å². The summed E-state index contributed by atoms with van der Waals surface area (Å²) in [6, 6.07) is 5.87. The van der Waals surface area contributed by atoms with Crippen molar-refractivity contribution in [2.45, 2.75) is 32.7 Å². The zero-order valence-electron chi connectivity index (χ0n) is 13.4. The Morgan fingerprint density at radius 3 is 2.82 bits per heavy atom. The summed E-state index contributed by atoms with van der Waals surface area (Å²) in [6.45, 7) is 7.95. The molecule has 1 aromatic carbocycles. The molecule has 0 aromatic heterocycles. The summed E-state index contributed by atoms with van der Waals surface area (Å²) in [5.41, 5.74) is 0.890. The van der Waals surface area contributed by atoms with Crippen LogP contribution in [0.15, 0.2) is 24.3 Å². The molecule has 1 heterocycles. The maximum Gasteiger partial charge on any atom is 0.315 e. The summed E-state index contributed by atoms with van der Waals surface area (Å²) in [5, 5.41) is 5.76. The van der Waals surface area contributed by atoms with E-state index >= 15 is 0 Å². The lowest BCUT2D eigenvalue weighted by molar-refractivity contribution is 0.183. The van der Waals surface area contributed by atoms with Crippen molar-refractivity contribution in [1.82, 2.24) is 15.5 Å². The highest BCUT2D eigenvalue weighted by molar-refractivity contribution is 5.74. The molecule has 0 bridgehead atoms. The van der Waals surface area contributed by atoms with Gasteiger partial charge in [0.1, 0.15) is 5.82 Å². The molecular weight excluding hydrogens is 281 g/mol. The number of nitrogens with zero attached hydrogens (tertiary/aromatic N) is 1. The second-order valence-corrected chi connectivity index (χ2v) is 6.22. The molecule has 0 radical (unpaired) electrons. The fourth-order valence-electron chi connectivity index (χ4n) is 2.90. The van der Waals surface area contributed by atoms with Gasteiger partial charge in [-0.1, -0.05) is 19.1 Å². The lowest BCUT2D eigenvalue weighted by Crippen LogP contribution is -2.43. The van der Waals surface area contributed by atoms with Crippen LogP contribution in [0.5, 0.6) is 0 Å². The molecule has 1 aliphatic heterocycles. The van der Waals surface area contributed by atoms with Crippen molar-refractivity contribution >= 4 is 6.03 Å². The monoisotopic (exact) mass is 307 g/mol. The molecule has 0 spiro atoms. The molecule has 4 nitrogen and oxygen atoms in total. The van der Waals surface area contributed by atoms with E-state index in [0.717, 1.165) is 31.1 Å². The lowest BCUT2D eigenvalue weighted by Gasteiger charge is -2.30. The molecular formula is C17H26FN3O. The van der Waals surface area contributed by atoms with Gasteiger partial charge in [-0.05, 0) is 49.9 Å². The molecule has 2 N–H and O–H groups in total. The number of nitrogens with one attached hydrogen (secondary N) is 2. The number of piperidine rings is 1. The zero-order chi connectivity index (χ0) is 15.9. The SMILES string of the molecule is C[C@H]1CCCN(CCNC(=O)N[C@@H](C)c2ccc(F)cc2)C1. The van der Waals surface area contributed by atoms with E-state index in [2.05, 4.69) is 22.5 Å². The van der Waals surface area contributed by atoms with Crippen LogP contribution in [0.2, 0.25) is 0 Å². The summed E-state index contributed by atoms with van der Waals surface area (Å²) < 4.78 is 12.9. The van der Waals surface area contributed by atoms with E-state index in [1.807, 2.05) is 6.92 Å². The van der Waals surface area contributed by atoms with Crippen LogP contribution in [0, 0.1) is 11.7 Å². The van der Waals surface area contributed by atoms with Crippen LogP contribution in [-0.2, 0) is 0 Å². The smallest absolute Gasteiger partial charge is 0.315 e. The van der Waals surface area contributed by atoms with Crippen molar-refractivity contribution in [3.63, 3.8) is 0 Å². The van der Waals surface area contributed by atoms with Crippen molar-refractivity contribution in [3.8, 4) is 0 Å². The van der Waals surface area contributed by atoms with E-state index < -0.39 is 0 Å². The average molecular weight is 307 g/mol. The van der Waals surface area contributed by atoms with Crippen LogP contribution < -0.4 is 10.6 Å². The van der Waals surface area contributed by atoms with Crippen molar-refractivity contribution in [3.05, 3.63) is 35.6 Å². The van der Waals surface area contributed by atoms with Gasteiger partial charge in [-0.3, -0.25) is 0 Å². The second kappa shape index (κ2) is 8.13. The van der Waals surface area contributed by atoms with E-state index in [0.29, 0.717) is 6.54 Å². The fourth-order valence-corrected chi connectivity index (χ4v) is 2.90. The minimum Gasteiger partial charge on any atom is -0.337 e. The Morgan fingerprint density at radius 2 is 2.14 bits per heavy atom. The zero-order valence-corrected chi connectivity index (χ0v) is 13.4. The molecule has 22 heavy (non-hydrogen) atoms. The highest BCUT2D eigenvalue weighted by atomic mass is 19.1. The molecule has 0 unspecified atom stereocenters. The van der Waals surface area contributed by atoms with Gasteiger partial charge in [-0.15, -0.1) is 0 Å². The fraction of sp³-hybridized carbons (Fsp3) is 0.588. The minimum absolute atomic E-state index is 0.143. The number of urea groups is 1. The Bertz CT molecular complexity index is 477. The van der Waals surface area contributed by atoms with Crippen LogP contribution >= 0.6 is 0 Å². The number of benzene rings is 1. The Kier molecular flexibility index (Phi) is 6.19. The third-order valence-electron chi connectivity index (χ3n) is 4.17. The maximum atomic E-state index is 12.9. The molecule has 0 saturated carbocycles. The molecule has 1 aromatic rings. The first kappa shape index (κ1) is 16.7. The third kappa shape index (κ3) is 5.30. The molecule has 1 saturated heterocycles. The van der Waals surface area contributed by atoms with Crippen LogP contribution in [0.1, 0.15) is 38.3 Å². The van der Waals surface area contributed by atoms with Gasteiger partial charge >= 0.3 is 6.03 Å². The van der Waals surface area contributed by atoms with Crippen molar-refractivity contribution in [2.75, 3.05) is 26.2 Å². The number of carbonyl (C=O) groups excluding carboxylic acids is 1. The number of rotatable bonds is 5. The van der Waals surface area contributed by atoms with Crippen LogP contribution in [-0.4, -0.2) is 37.1 Å². The van der Waals surface area contributed by atoms with Crippen LogP contribution in [0.4, 0.5) is 9.18 Å². The Morgan fingerprint density at radius 1 is 1.41 bits per heavy atom. The predicted molar refractivity (Wildman–Crippen MR) is 86.2 cm³/mol. The van der Waals surface area contributed by atoms with Gasteiger partial charge < -0.3 is 15.5 Å². The van der Waals surface area contributed by atoms with Gasteiger partial charge in [0, 0.05) is 19.6 Å². The number of likely N-dealkylation sites (tertiary alicyclic amines) is 1. The van der Waals surface area contributed by atoms with Gasteiger partial charge in [-0.2, -0.15) is 0 Å². The molecule has 122 valence electrons. The average Bonchev–Trinajstić information content (AvgIpc) is 2.48. The van der Waals surface area contributed by atoms with Gasteiger partial charge in [0.05, 0.1) is 6.04 Å². The first-order valence-electron chi connectivity index (χ1n) is 8.07. The standard InChI is InChI=1S/C17H26FN3O/c1-13-4-3-10-21(12-13)11-9-19-17(22)20-14(2)15-5-7-16(18)8-6-15/h5-8,13-14H,3-4,9-12H2,1-2H3,(H2,19,20,22)/t13-,14-/m0/s1. The van der Waals surface area contributed by atoms with Gasteiger partial charge in [-0.25, -0.2) is 9.18 Å². The summed E-state index contributed by atoms with van der Waals surface area (Å²) in [7, 11) is 0. The van der Waals surface area contributed by atoms with E-state index in [-0.39, 0.29) is 17.9 Å². The van der Waals surface area contributed by atoms with Crippen LogP contribution in [0.3, 0.4) is 0 Å². The molecule has 2 atom stereocenters. The molecule has 5 heteroatoms. The number of hydrogen-bond donors (Lipinski definition) is 2. The van der Waals surface area contributed by atoms with Crippen molar-refractivity contribution < 1.29 is 9.18 Å². The summed E-state index contributed by atoms with van der Waals surface area (Å²) in [5.74, 6) is 0.484. The number of hydrogen-bond acceptors (Lipinski definition) is 2.